The zero-order chi connectivity index (χ0) is 7.49. The summed E-state index contributed by atoms with van der Waals surface area (Å²) < 4.78 is 4.48. The topological polar surface area (TPSA) is 26.3 Å². The fraction of sp³-hybridized carbons (Fsp3) is 0.800. The summed E-state index contributed by atoms with van der Waals surface area (Å²) in [5.74, 6) is 0.343. The molecule has 9 heavy (non-hydrogen) atoms. The van der Waals surface area contributed by atoms with E-state index >= 15 is 0 Å². The minimum absolute atomic E-state index is 0.146. The summed E-state index contributed by atoms with van der Waals surface area (Å²) in [5.41, 5.74) is 0. The van der Waals surface area contributed by atoms with E-state index in [0.29, 0.717) is 5.75 Å². The molecule has 0 spiro atoms. The number of hydrogen-bond donors (Lipinski definition) is 0. The van der Waals surface area contributed by atoms with Crippen LogP contribution in [0.15, 0.2) is 0 Å². The molecule has 0 saturated carbocycles. The first-order valence-corrected chi connectivity index (χ1v) is 6.89. The van der Waals surface area contributed by atoms with Crippen molar-refractivity contribution in [2.75, 3.05) is 25.4 Å². The molecule has 0 aromatic heterocycles. The molecule has 0 saturated heterocycles. The average molecular weight is 215 g/mol. The molecule has 56 valence electrons. The molecule has 0 N–H and O–H groups in total. The minimum atomic E-state index is -0.898. The molecule has 0 bridgehead atoms. The number of carbonyl (C=O) groups excluding carboxylic acids is 1. The van der Waals surface area contributed by atoms with Crippen LogP contribution in [0.5, 0.6) is 0 Å². The number of ether oxygens (including phenoxy) is 1. The molecule has 0 atom stereocenters. The van der Waals surface area contributed by atoms with Crippen LogP contribution >= 0.6 is 23.3 Å². The van der Waals surface area contributed by atoms with Gasteiger partial charge in [0.2, 0.25) is 0 Å². The summed E-state index contributed by atoms with van der Waals surface area (Å²) >= 11 is 3.40. The van der Waals surface area contributed by atoms with Crippen molar-refractivity contribution in [2.24, 2.45) is 0 Å². The van der Waals surface area contributed by atoms with Crippen LogP contribution in [0.25, 0.3) is 0 Å². The highest BCUT2D eigenvalue weighted by Crippen LogP contribution is 2.47. The number of esters is 1. The second-order valence-corrected chi connectivity index (χ2v) is 10.5. The van der Waals surface area contributed by atoms with Gasteiger partial charge < -0.3 is 4.74 Å². The third kappa shape index (κ3) is 6.18. The van der Waals surface area contributed by atoms with Crippen molar-refractivity contribution in [3.05, 3.63) is 0 Å². The summed E-state index contributed by atoms with van der Waals surface area (Å²) in [5, 5.41) is 0. The molecule has 0 aromatic carbocycles. The fourth-order valence-electron chi connectivity index (χ4n) is 0.339. The zero-order valence-corrected chi connectivity index (χ0v) is 8.21. The van der Waals surface area contributed by atoms with Gasteiger partial charge in [0.25, 0.3) is 0 Å². The molecule has 0 aliphatic heterocycles. The van der Waals surface area contributed by atoms with E-state index in [1.807, 2.05) is 12.5 Å². The van der Waals surface area contributed by atoms with Gasteiger partial charge in [-0.2, -0.15) is 8.46 Å². The summed E-state index contributed by atoms with van der Waals surface area (Å²) in [4.78, 5) is 10.6. The van der Waals surface area contributed by atoms with Crippen LogP contribution in [0.3, 0.4) is 0 Å². The van der Waals surface area contributed by atoms with Crippen molar-refractivity contribution >= 4 is 29.2 Å². The summed E-state index contributed by atoms with van der Waals surface area (Å²) in [6.45, 7) is 0. The van der Waals surface area contributed by atoms with Crippen LogP contribution in [0, 0.1) is 0 Å². The Balaban J connectivity index is 3.60. The highest BCUT2D eigenvalue weighted by Gasteiger charge is 2.12. The van der Waals surface area contributed by atoms with Crippen molar-refractivity contribution in [3.63, 3.8) is 0 Å². The number of methoxy groups -OCH3 is 1. The maximum atomic E-state index is 10.6. The SMILES string of the molecule is COC(=O)CS(C)(C)Br. The highest BCUT2D eigenvalue weighted by molar-refractivity contribution is 9.58. The Morgan fingerprint density at radius 3 is 2.22 bits per heavy atom. The van der Waals surface area contributed by atoms with E-state index in [1.54, 1.807) is 0 Å². The second kappa shape index (κ2) is 3.46. The van der Waals surface area contributed by atoms with Crippen molar-refractivity contribution < 1.29 is 9.53 Å². The Hall–Kier alpha value is 0.300. The molecule has 0 aromatic rings. The van der Waals surface area contributed by atoms with Crippen LogP contribution in [0.1, 0.15) is 0 Å². The predicted octanol–water partition coefficient (Wildman–Crippen LogP) is 1.53. The Morgan fingerprint density at radius 1 is 1.67 bits per heavy atom. The van der Waals surface area contributed by atoms with Crippen molar-refractivity contribution in [1.29, 1.82) is 0 Å². The van der Waals surface area contributed by atoms with Crippen molar-refractivity contribution in [3.8, 4) is 0 Å². The van der Waals surface area contributed by atoms with Gasteiger partial charge >= 0.3 is 5.97 Å². The van der Waals surface area contributed by atoms with E-state index in [9.17, 15) is 4.79 Å². The fourth-order valence-corrected chi connectivity index (χ4v) is 1.58. The number of rotatable bonds is 2. The van der Waals surface area contributed by atoms with Crippen LogP contribution < -0.4 is 0 Å². The first-order chi connectivity index (χ1) is 3.95. The maximum Gasteiger partial charge on any atom is 0.314 e. The minimum Gasteiger partial charge on any atom is -0.468 e. The summed E-state index contributed by atoms with van der Waals surface area (Å²) in [6, 6.07) is 0. The smallest absolute Gasteiger partial charge is 0.314 e. The molecular weight excluding hydrogens is 204 g/mol. The molecule has 0 rings (SSSR count). The third-order valence-electron chi connectivity index (χ3n) is 0.689. The molecule has 0 aliphatic carbocycles. The molecule has 4 heteroatoms. The van der Waals surface area contributed by atoms with Crippen LogP contribution in [0.4, 0.5) is 0 Å². The lowest BCUT2D eigenvalue weighted by Crippen LogP contribution is -2.09. The quantitative estimate of drug-likeness (QED) is 0.653. The molecule has 0 amide bonds. The summed E-state index contributed by atoms with van der Waals surface area (Å²) in [7, 11) is 0.506. The third-order valence-corrected chi connectivity index (χ3v) is 2.30. The van der Waals surface area contributed by atoms with Gasteiger partial charge in [0.15, 0.2) is 0 Å². The van der Waals surface area contributed by atoms with E-state index < -0.39 is 8.46 Å². The van der Waals surface area contributed by atoms with Gasteiger partial charge in [-0.1, -0.05) is 0 Å². The van der Waals surface area contributed by atoms with Gasteiger partial charge in [0, 0.05) is 0 Å². The normalized spacial score (nSPS) is 12.9. The molecule has 0 radical (unpaired) electrons. The van der Waals surface area contributed by atoms with Gasteiger partial charge in [0.05, 0.1) is 12.9 Å². The van der Waals surface area contributed by atoms with E-state index in [0.717, 1.165) is 0 Å². The van der Waals surface area contributed by atoms with Gasteiger partial charge in [-0.25, -0.2) is 0 Å². The molecule has 0 fully saturated rings. The lowest BCUT2D eigenvalue weighted by molar-refractivity contribution is -0.137. The number of hydrogen-bond acceptors (Lipinski definition) is 2. The van der Waals surface area contributed by atoms with Gasteiger partial charge in [-0.15, -0.1) is 0 Å². The molecule has 0 heterocycles. The van der Waals surface area contributed by atoms with E-state index in [4.69, 9.17) is 0 Å². The Labute approximate surface area is 64.5 Å². The van der Waals surface area contributed by atoms with E-state index in [-0.39, 0.29) is 5.97 Å². The highest BCUT2D eigenvalue weighted by atomic mass is 79.9. The summed E-state index contributed by atoms with van der Waals surface area (Å²) in [6.07, 6.45) is 4.01. The Bertz CT molecular complexity index is 108. The number of halogens is 1. The standard InChI is InChI=1S/C5H11BrO2S/c1-8-5(7)4-9(2,3)6/h4H2,1-3H3. The monoisotopic (exact) mass is 214 g/mol. The zero-order valence-electron chi connectivity index (χ0n) is 5.81. The molecule has 0 unspecified atom stereocenters. The van der Waals surface area contributed by atoms with Gasteiger partial charge in [-0.05, 0) is 27.3 Å². The molecule has 0 aliphatic rings. The average Bonchev–Trinajstić information content (AvgIpc) is 1.62. The van der Waals surface area contributed by atoms with Crippen LogP contribution in [-0.4, -0.2) is 31.3 Å². The first-order valence-electron chi connectivity index (χ1n) is 2.43. The van der Waals surface area contributed by atoms with Gasteiger partial charge in [0.1, 0.15) is 0 Å². The second-order valence-electron chi connectivity index (χ2n) is 2.12. The predicted molar refractivity (Wildman–Crippen MR) is 45.2 cm³/mol. The van der Waals surface area contributed by atoms with Crippen molar-refractivity contribution in [2.45, 2.75) is 0 Å². The first kappa shape index (κ1) is 9.30. The largest absolute Gasteiger partial charge is 0.468 e. The van der Waals surface area contributed by atoms with E-state index in [1.165, 1.54) is 7.11 Å². The van der Waals surface area contributed by atoms with E-state index in [2.05, 4.69) is 19.5 Å². The van der Waals surface area contributed by atoms with Crippen LogP contribution in [0.2, 0.25) is 0 Å². The number of carbonyl (C=O) groups is 1. The molecular formula is C5H11BrO2S. The van der Waals surface area contributed by atoms with Gasteiger partial charge in [-0.3, -0.25) is 4.79 Å². The maximum absolute atomic E-state index is 10.6. The lowest BCUT2D eigenvalue weighted by Gasteiger charge is -2.19. The van der Waals surface area contributed by atoms with Crippen molar-refractivity contribution in [1.82, 2.24) is 0 Å². The van der Waals surface area contributed by atoms with Crippen LogP contribution in [-0.2, 0) is 9.53 Å². The Kier molecular flexibility index (Phi) is 3.58. The molecule has 2 nitrogen and oxygen atoms in total. The lowest BCUT2D eigenvalue weighted by atomic mass is 10.8. The Morgan fingerprint density at radius 2 is 2.11 bits per heavy atom.